The molecule has 3 N–H and O–H groups in total. The summed E-state index contributed by atoms with van der Waals surface area (Å²) in [4.78, 5) is 23.1. The van der Waals surface area contributed by atoms with Crippen molar-refractivity contribution in [3.63, 3.8) is 0 Å². The molecule has 1 aliphatic rings. The first kappa shape index (κ1) is 14.6. The average Bonchev–Trinajstić information content (AvgIpc) is 2.94. The Morgan fingerprint density at radius 2 is 2.25 bits per heavy atom. The van der Waals surface area contributed by atoms with E-state index in [1.807, 2.05) is 0 Å². The van der Waals surface area contributed by atoms with Gasteiger partial charge in [-0.3, -0.25) is 4.79 Å². The van der Waals surface area contributed by atoms with Crippen LogP contribution in [0.3, 0.4) is 0 Å². The van der Waals surface area contributed by atoms with Gasteiger partial charge in [-0.1, -0.05) is 11.6 Å². The fourth-order valence-corrected chi connectivity index (χ4v) is 2.31. The van der Waals surface area contributed by atoms with E-state index in [9.17, 15) is 9.59 Å². The number of hydrogen-bond acceptors (Lipinski definition) is 4. The Balaban J connectivity index is 2.23. The van der Waals surface area contributed by atoms with Crippen LogP contribution in [-0.2, 0) is 4.79 Å². The van der Waals surface area contributed by atoms with Crippen molar-refractivity contribution in [2.45, 2.75) is 6.42 Å². The van der Waals surface area contributed by atoms with E-state index in [1.54, 1.807) is 0 Å². The van der Waals surface area contributed by atoms with E-state index in [-0.39, 0.29) is 28.2 Å². The van der Waals surface area contributed by atoms with Gasteiger partial charge >= 0.3 is 5.97 Å². The van der Waals surface area contributed by atoms with Crippen LogP contribution in [0.4, 0.5) is 5.69 Å². The molecule has 1 fully saturated rings. The third-order valence-electron chi connectivity index (χ3n) is 3.21. The van der Waals surface area contributed by atoms with Crippen molar-refractivity contribution in [3.8, 4) is 5.75 Å². The topological polar surface area (TPSA) is 87.7 Å². The number of anilines is 1. The summed E-state index contributed by atoms with van der Waals surface area (Å²) >= 11 is 6.00. The smallest absolute Gasteiger partial charge is 0.339 e. The van der Waals surface area contributed by atoms with Crippen molar-refractivity contribution in [1.82, 2.24) is 5.32 Å². The van der Waals surface area contributed by atoms with Gasteiger partial charge in [-0.25, -0.2) is 4.79 Å². The lowest BCUT2D eigenvalue weighted by Gasteiger charge is -2.13. The molecule has 7 heteroatoms. The van der Waals surface area contributed by atoms with E-state index in [2.05, 4.69) is 10.6 Å². The highest BCUT2D eigenvalue weighted by Crippen LogP contribution is 2.31. The second kappa shape index (κ2) is 6.11. The maximum atomic E-state index is 12.0. The Hall–Kier alpha value is -1.79. The highest BCUT2D eigenvalue weighted by molar-refractivity contribution is 6.34. The van der Waals surface area contributed by atoms with Crippen LogP contribution in [0, 0.1) is 5.92 Å². The highest BCUT2D eigenvalue weighted by Gasteiger charge is 2.24. The molecular formula is C13H15ClN2O4. The number of hydrogen-bond donors (Lipinski definition) is 3. The lowest BCUT2D eigenvalue weighted by molar-refractivity contribution is -0.119. The maximum absolute atomic E-state index is 12.0. The van der Waals surface area contributed by atoms with E-state index in [1.165, 1.54) is 19.2 Å². The zero-order valence-electron chi connectivity index (χ0n) is 10.9. The maximum Gasteiger partial charge on any atom is 0.339 e. The Bertz CT molecular complexity index is 541. The molecule has 108 valence electrons. The zero-order valence-corrected chi connectivity index (χ0v) is 11.7. The monoisotopic (exact) mass is 298 g/mol. The van der Waals surface area contributed by atoms with Crippen LogP contribution < -0.4 is 15.4 Å². The molecule has 20 heavy (non-hydrogen) atoms. The number of carboxylic acid groups (broad SMARTS) is 1. The highest BCUT2D eigenvalue weighted by atomic mass is 35.5. The predicted octanol–water partition coefficient (Wildman–Crippen LogP) is 1.59. The minimum atomic E-state index is -1.14. The number of aromatic carboxylic acids is 1. The fourth-order valence-electron chi connectivity index (χ4n) is 2.10. The number of benzene rings is 1. The Kier molecular flexibility index (Phi) is 4.46. The SMILES string of the molecule is COc1cc(NC(=O)C2CCNC2)c(Cl)cc1C(=O)O. The van der Waals surface area contributed by atoms with Crippen LogP contribution in [0.5, 0.6) is 5.75 Å². The van der Waals surface area contributed by atoms with Crippen LogP contribution >= 0.6 is 11.6 Å². The van der Waals surface area contributed by atoms with Gasteiger partial charge in [-0.15, -0.1) is 0 Å². The summed E-state index contributed by atoms with van der Waals surface area (Å²) in [6.45, 7) is 1.45. The molecule has 1 heterocycles. The largest absolute Gasteiger partial charge is 0.496 e. The summed E-state index contributed by atoms with van der Waals surface area (Å²) < 4.78 is 5.01. The Morgan fingerprint density at radius 1 is 1.50 bits per heavy atom. The van der Waals surface area contributed by atoms with Gasteiger partial charge in [-0.2, -0.15) is 0 Å². The van der Waals surface area contributed by atoms with Crippen molar-refractivity contribution >= 4 is 29.2 Å². The van der Waals surface area contributed by atoms with Gasteiger partial charge in [0.1, 0.15) is 11.3 Å². The molecule has 0 saturated carbocycles. The number of methoxy groups -OCH3 is 1. The van der Waals surface area contributed by atoms with Crippen LogP contribution in [0.2, 0.25) is 5.02 Å². The first-order chi connectivity index (χ1) is 9.52. The molecule has 1 unspecified atom stereocenters. The van der Waals surface area contributed by atoms with Crippen molar-refractivity contribution in [2.75, 3.05) is 25.5 Å². The standard InChI is InChI=1S/C13H15ClN2O4/c1-20-11-5-10(9(14)4-8(11)13(18)19)16-12(17)7-2-3-15-6-7/h4-5,7,15H,2-3,6H2,1H3,(H,16,17)(H,18,19). The molecule has 0 radical (unpaired) electrons. The van der Waals surface area contributed by atoms with Crippen molar-refractivity contribution < 1.29 is 19.4 Å². The van der Waals surface area contributed by atoms with Crippen LogP contribution in [-0.4, -0.2) is 37.2 Å². The molecule has 1 aliphatic heterocycles. The van der Waals surface area contributed by atoms with E-state index < -0.39 is 5.97 Å². The molecular weight excluding hydrogens is 284 g/mol. The first-order valence-corrected chi connectivity index (χ1v) is 6.53. The third kappa shape index (κ3) is 3.02. The first-order valence-electron chi connectivity index (χ1n) is 6.15. The van der Waals surface area contributed by atoms with Crippen molar-refractivity contribution in [1.29, 1.82) is 0 Å². The van der Waals surface area contributed by atoms with E-state index in [0.29, 0.717) is 12.2 Å². The molecule has 0 aromatic heterocycles. The number of carbonyl (C=O) groups excluding carboxylic acids is 1. The minimum Gasteiger partial charge on any atom is -0.496 e. The lowest BCUT2D eigenvalue weighted by Crippen LogP contribution is -2.24. The fraction of sp³-hybridized carbons (Fsp3) is 0.385. The summed E-state index contributed by atoms with van der Waals surface area (Å²) in [5.41, 5.74) is 0.309. The van der Waals surface area contributed by atoms with Crippen LogP contribution in [0.15, 0.2) is 12.1 Å². The van der Waals surface area contributed by atoms with Crippen LogP contribution in [0.1, 0.15) is 16.8 Å². The molecule has 1 aromatic carbocycles. The minimum absolute atomic E-state index is 0.0435. The van der Waals surface area contributed by atoms with Gasteiger partial charge in [-0.05, 0) is 19.0 Å². The van der Waals surface area contributed by atoms with Gasteiger partial charge in [0.25, 0.3) is 0 Å². The van der Waals surface area contributed by atoms with Crippen molar-refractivity contribution in [3.05, 3.63) is 22.7 Å². The summed E-state index contributed by atoms with van der Waals surface area (Å²) in [5.74, 6) is -1.22. The number of ether oxygens (including phenoxy) is 1. The van der Waals surface area contributed by atoms with Gasteiger partial charge in [0.15, 0.2) is 0 Å². The number of nitrogens with one attached hydrogen (secondary N) is 2. The number of amides is 1. The average molecular weight is 299 g/mol. The quantitative estimate of drug-likeness (QED) is 0.786. The number of carbonyl (C=O) groups is 2. The number of carboxylic acids is 1. The second-order valence-corrected chi connectivity index (χ2v) is 4.92. The number of halogens is 1. The lowest BCUT2D eigenvalue weighted by atomic mass is 10.1. The van der Waals surface area contributed by atoms with Gasteiger partial charge in [0, 0.05) is 12.6 Å². The Morgan fingerprint density at radius 3 is 2.80 bits per heavy atom. The molecule has 0 aliphatic carbocycles. The summed E-state index contributed by atoms with van der Waals surface area (Å²) in [6, 6.07) is 2.69. The Labute approximate surface area is 121 Å². The van der Waals surface area contributed by atoms with Gasteiger partial charge < -0.3 is 20.5 Å². The van der Waals surface area contributed by atoms with Crippen molar-refractivity contribution in [2.24, 2.45) is 5.92 Å². The zero-order chi connectivity index (χ0) is 14.7. The predicted molar refractivity (Wildman–Crippen MR) is 74.6 cm³/mol. The normalized spacial score (nSPS) is 17.8. The third-order valence-corrected chi connectivity index (χ3v) is 3.52. The van der Waals surface area contributed by atoms with Gasteiger partial charge in [0.05, 0.1) is 23.7 Å². The summed E-state index contributed by atoms with van der Waals surface area (Å²) in [5, 5.41) is 15.0. The van der Waals surface area contributed by atoms with E-state index in [0.717, 1.165) is 13.0 Å². The summed E-state index contributed by atoms with van der Waals surface area (Å²) in [6.07, 6.45) is 0.772. The molecule has 6 nitrogen and oxygen atoms in total. The van der Waals surface area contributed by atoms with Crippen LogP contribution in [0.25, 0.3) is 0 Å². The second-order valence-electron chi connectivity index (χ2n) is 4.52. The summed E-state index contributed by atoms with van der Waals surface area (Å²) in [7, 11) is 1.36. The number of rotatable bonds is 4. The van der Waals surface area contributed by atoms with E-state index >= 15 is 0 Å². The molecule has 1 amide bonds. The molecule has 1 atom stereocenters. The molecule has 2 rings (SSSR count). The van der Waals surface area contributed by atoms with E-state index in [4.69, 9.17) is 21.4 Å². The molecule has 1 aromatic rings. The molecule has 1 saturated heterocycles. The van der Waals surface area contributed by atoms with Gasteiger partial charge in [0.2, 0.25) is 5.91 Å². The molecule has 0 bridgehead atoms. The molecule has 0 spiro atoms.